The second-order valence-electron chi connectivity index (χ2n) is 8.94. The van der Waals surface area contributed by atoms with E-state index in [2.05, 4.69) is 41.2 Å². The molecule has 3 aromatic rings. The molecular weight excluding hydrogens is 384 g/mol. The molecule has 1 aliphatic carbocycles. The molecule has 1 aromatic heterocycles. The number of allylic oxidation sites excluding steroid dienone is 2. The first kappa shape index (κ1) is 19.7. The minimum absolute atomic E-state index is 0.0697. The van der Waals surface area contributed by atoms with Crippen LogP contribution in [0.15, 0.2) is 60.2 Å². The molecule has 156 valence electrons. The maximum atomic E-state index is 13.3. The Bertz CT molecular complexity index is 1340. The number of carbonyl (C=O) groups is 2. The molecule has 1 saturated carbocycles. The van der Waals surface area contributed by atoms with Crippen molar-refractivity contribution in [2.75, 3.05) is 7.05 Å². The Labute approximate surface area is 182 Å². The molecule has 0 spiro atoms. The summed E-state index contributed by atoms with van der Waals surface area (Å²) in [7, 11) is 4.00. The molecule has 5 rings (SSSR count). The van der Waals surface area contributed by atoms with Crippen molar-refractivity contribution in [3.05, 3.63) is 77.0 Å². The number of hydrogen-bond acceptors (Lipinski definition) is 2. The number of aryl methyl sites for hydroxylation is 1. The van der Waals surface area contributed by atoms with Gasteiger partial charge in [-0.2, -0.15) is 4.58 Å². The molecule has 4 heteroatoms. The van der Waals surface area contributed by atoms with Crippen LogP contribution in [0.5, 0.6) is 0 Å². The largest absolute Gasteiger partial charge is 0.348 e. The van der Waals surface area contributed by atoms with Gasteiger partial charge in [0.15, 0.2) is 17.3 Å². The quantitative estimate of drug-likeness (QED) is 0.270. The molecular formula is C27H27N2O2+. The van der Waals surface area contributed by atoms with Gasteiger partial charge in [-0.3, -0.25) is 9.59 Å². The molecule has 1 aliphatic heterocycles. The number of Topliss-reactive ketones (excluding diaryl/α,β-unsaturated/α-hetero) is 2. The van der Waals surface area contributed by atoms with E-state index in [1.54, 1.807) is 0 Å². The number of hydrogen-bond donors (Lipinski definition) is 0. The van der Waals surface area contributed by atoms with Crippen molar-refractivity contribution in [1.82, 2.24) is 4.57 Å². The normalized spacial score (nSPS) is 22.9. The second-order valence-corrected chi connectivity index (χ2v) is 8.94. The number of ketones is 2. The average Bonchev–Trinajstić information content (AvgIpc) is 3.16. The van der Waals surface area contributed by atoms with Crippen molar-refractivity contribution in [3.63, 3.8) is 0 Å². The topological polar surface area (TPSA) is 42.1 Å². The third-order valence-corrected chi connectivity index (χ3v) is 7.57. The minimum Gasteiger partial charge on any atom is -0.348 e. The highest BCUT2D eigenvalue weighted by Crippen LogP contribution is 2.44. The standard InChI is InChI=1S/C27H27N2O2/c1-6-27(3)19-12-8-10-14-21(19)29(5)22(27)15-18-25(30)24(26(18)31)23-16(2)28(4)20-13-9-7-11-17(20)23/h7-15,24H,6H2,1-5H3/q+1. The summed E-state index contributed by atoms with van der Waals surface area (Å²) in [6, 6.07) is 16.3. The van der Waals surface area contributed by atoms with Gasteiger partial charge in [-0.25, -0.2) is 0 Å². The molecule has 2 aromatic carbocycles. The fourth-order valence-electron chi connectivity index (χ4n) is 5.43. The molecule has 1 fully saturated rings. The van der Waals surface area contributed by atoms with Gasteiger partial charge in [0.1, 0.15) is 13.0 Å². The number of para-hydroxylation sites is 2. The number of nitrogens with zero attached hydrogens (tertiary/aromatic N) is 2. The van der Waals surface area contributed by atoms with E-state index >= 15 is 0 Å². The van der Waals surface area contributed by atoms with Crippen molar-refractivity contribution >= 4 is 33.9 Å². The van der Waals surface area contributed by atoms with Crippen molar-refractivity contribution in [1.29, 1.82) is 0 Å². The Kier molecular flexibility index (Phi) is 4.20. The van der Waals surface area contributed by atoms with Gasteiger partial charge < -0.3 is 4.57 Å². The molecule has 1 unspecified atom stereocenters. The van der Waals surface area contributed by atoms with Crippen LogP contribution in [0.1, 0.15) is 43.0 Å². The van der Waals surface area contributed by atoms with Crippen molar-refractivity contribution in [2.45, 2.75) is 38.5 Å². The predicted molar refractivity (Wildman–Crippen MR) is 123 cm³/mol. The molecule has 0 bridgehead atoms. The Morgan fingerprint density at radius 3 is 2.42 bits per heavy atom. The molecule has 4 nitrogen and oxygen atoms in total. The third-order valence-electron chi connectivity index (χ3n) is 7.57. The molecule has 0 saturated heterocycles. The van der Waals surface area contributed by atoms with Crippen molar-refractivity contribution < 1.29 is 14.2 Å². The van der Waals surface area contributed by atoms with E-state index in [9.17, 15) is 9.59 Å². The second kappa shape index (κ2) is 6.61. The molecule has 2 heterocycles. The van der Waals surface area contributed by atoms with Gasteiger partial charge >= 0.3 is 0 Å². The average molecular weight is 412 g/mol. The maximum absolute atomic E-state index is 13.3. The van der Waals surface area contributed by atoms with Crippen molar-refractivity contribution in [2.24, 2.45) is 7.05 Å². The monoisotopic (exact) mass is 411 g/mol. The van der Waals surface area contributed by atoms with Gasteiger partial charge in [0, 0.05) is 41.4 Å². The van der Waals surface area contributed by atoms with Crippen LogP contribution in [0.2, 0.25) is 0 Å². The Morgan fingerprint density at radius 2 is 1.71 bits per heavy atom. The van der Waals surface area contributed by atoms with E-state index in [0.717, 1.165) is 40.0 Å². The number of carbonyl (C=O) groups excluding carboxylic acids is 2. The minimum atomic E-state index is -0.695. The summed E-state index contributed by atoms with van der Waals surface area (Å²) >= 11 is 0. The van der Waals surface area contributed by atoms with Crippen LogP contribution in [0, 0.1) is 6.92 Å². The third kappa shape index (κ3) is 2.45. The molecule has 0 radical (unpaired) electrons. The zero-order valence-electron chi connectivity index (χ0n) is 18.7. The molecule has 0 amide bonds. The number of fused-ring (bicyclic) bond motifs is 2. The van der Waals surface area contributed by atoms with Gasteiger partial charge in [-0.15, -0.1) is 0 Å². The summed E-state index contributed by atoms with van der Waals surface area (Å²) in [4.78, 5) is 26.6. The van der Waals surface area contributed by atoms with Crippen LogP contribution in [0.3, 0.4) is 0 Å². The first-order chi connectivity index (χ1) is 14.8. The Balaban J connectivity index is 1.59. The van der Waals surface area contributed by atoms with Crippen LogP contribution < -0.4 is 0 Å². The maximum Gasteiger partial charge on any atom is 0.209 e. The predicted octanol–water partition coefficient (Wildman–Crippen LogP) is 4.74. The highest BCUT2D eigenvalue weighted by molar-refractivity contribution is 6.44. The first-order valence-corrected chi connectivity index (χ1v) is 10.9. The lowest BCUT2D eigenvalue weighted by Crippen LogP contribution is -2.41. The zero-order valence-corrected chi connectivity index (χ0v) is 18.7. The van der Waals surface area contributed by atoms with Crippen LogP contribution in [-0.4, -0.2) is 33.5 Å². The molecule has 1 atom stereocenters. The van der Waals surface area contributed by atoms with Gasteiger partial charge in [-0.05, 0) is 31.9 Å². The summed E-state index contributed by atoms with van der Waals surface area (Å²) in [5.74, 6) is -0.834. The lowest BCUT2D eigenvalue weighted by atomic mass is 9.69. The fraction of sp³-hybridized carbons (Fsp3) is 0.296. The molecule has 31 heavy (non-hydrogen) atoms. The number of benzene rings is 2. The lowest BCUT2D eigenvalue weighted by Gasteiger charge is -2.27. The van der Waals surface area contributed by atoms with Gasteiger partial charge in [0.25, 0.3) is 0 Å². The van der Waals surface area contributed by atoms with Gasteiger partial charge in [0.2, 0.25) is 5.69 Å². The molecule has 0 N–H and O–H groups in total. The zero-order chi connectivity index (χ0) is 22.1. The van der Waals surface area contributed by atoms with E-state index in [1.165, 1.54) is 5.56 Å². The number of rotatable bonds is 3. The van der Waals surface area contributed by atoms with E-state index in [0.29, 0.717) is 5.57 Å². The summed E-state index contributed by atoms with van der Waals surface area (Å²) < 4.78 is 4.19. The Hall–Kier alpha value is -3.27. The SMILES string of the molecule is CCC1(C)C(C=C2C(=O)C(c3c(C)n(C)c4ccccc34)C2=O)=[N+](C)c2ccccc21. The van der Waals surface area contributed by atoms with Gasteiger partial charge in [0.05, 0.1) is 11.0 Å². The van der Waals surface area contributed by atoms with Crippen LogP contribution in [-0.2, 0) is 22.1 Å². The number of aromatic nitrogens is 1. The smallest absolute Gasteiger partial charge is 0.209 e. The summed E-state index contributed by atoms with van der Waals surface area (Å²) in [6.45, 7) is 6.34. The first-order valence-electron chi connectivity index (χ1n) is 10.9. The summed E-state index contributed by atoms with van der Waals surface area (Å²) in [5.41, 5.74) is 6.38. The van der Waals surface area contributed by atoms with E-state index in [-0.39, 0.29) is 17.0 Å². The van der Waals surface area contributed by atoms with Crippen molar-refractivity contribution in [3.8, 4) is 0 Å². The Morgan fingerprint density at radius 1 is 1.06 bits per heavy atom. The highest BCUT2D eigenvalue weighted by Gasteiger charge is 2.51. The molecule has 2 aliphatic rings. The van der Waals surface area contributed by atoms with Crippen LogP contribution in [0.4, 0.5) is 5.69 Å². The summed E-state index contributed by atoms with van der Waals surface area (Å²) in [5, 5.41) is 0.990. The van der Waals surface area contributed by atoms with E-state index < -0.39 is 5.92 Å². The van der Waals surface area contributed by atoms with E-state index in [4.69, 9.17) is 0 Å². The van der Waals surface area contributed by atoms with Crippen LogP contribution >= 0.6 is 0 Å². The van der Waals surface area contributed by atoms with Gasteiger partial charge in [-0.1, -0.05) is 43.3 Å². The summed E-state index contributed by atoms with van der Waals surface area (Å²) in [6.07, 6.45) is 2.74. The lowest BCUT2D eigenvalue weighted by molar-refractivity contribution is -0.401. The van der Waals surface area contributed by atoms with Crippen LogP contribution in [0.25, 0.3) is 10.9 Å². The van der Waals surface area contributed by atoms with E-state index in [1.807, 2.05) is 57.4 Å². The highest BCUT2D eigenvalue weighted by atomic mass is 16.2. The fourth-order valence-corrected chi connectivity index (χ4v) is 5.43.